The first kappa shape index (κ1) is 22.5. The van der Waals surface area contributed by atoms with E-state index < -0.39 is 35.8 Å². The normalized spacial score (nSPS) is 10.7. The molecule has 1 aromatic carbocycles. The number of nitrogens with one attached hydrogen (secondary N) is 2. The van der Waals surface area contributed by atoms with Crippen molar-refractivity contribution < 1.29 is 30.3 Å². The van der Waals surface area contributed by atoms with Crippen LogP contribution in [0.4, 0.5) is 0 Å². The molecule has 0 aliphatic carbocycles. The molecule has 0 radical (unpaired) electrons. The minimum absolute atomic E-state index is 0. The molecule has 9 N–H and O–H groups in total. The molecular formula is C12H22ClN3O6. The van der Waals surface area contributed by atoms with Crippen molar-refractivity contribution in [3.8, 4) is 17.2 Å². The Bertz CT molecular complexity index is 461. The Labute approximate surface area is 133 Å². The largest absolute Gasteiger partial charge is 0.504 e. The molecule has 9 nitrogen and oxygen atoms in total. The molecule has 0 aromatic heterocycles. The maximum absolute atomic E-state index is 11.2. The lowest BCUT2D eigenvalue weighted by atomic mass is 10.2. The first-order chi connectivity index (χ1) is 9.88. The van der Waals surface area contributed by atoms with Gasteiger partial charge >= 0.3 is 0 Å². The number of benzene rings is 1. The van der Waals surface area contributed by atoms with Gasteiger partial charge in [0.05, 0.1) is 6.61 Å². The van der Waals surface area contributed by atoms with Gasteiger partial charge in [-0.25, -0.2) is 5.43 Å². The minimum atomic E-state index is -1.04. The zero-order valence-electron chi connectivity index (χ0n) is 12.0. The monoisotopic (exact) mass is 339 g/mol. The van der Waals surface area contributed by atoms with Crippen molar-refractivity contribution in [2.75, 3.05) is 13.2 Å². The topological polar surface area (TPSA) is 168 Å². The molecule has 1 unspecified atom stereocenters. The predicted molar refractivity (Wildman–Crippen MR) is 81.5 cm³/mol. The van der Waals surface area contributed by atoms with Crippen molar-refractivity contribution in [1.29, 1.82) is 0 Å². The van der Waals surface area contributed by atoms with Crippen LogP contribution in [0.15, 0.2) is 12.1 Å². The van der Waals surface area contributed by atoms with Crippen molar-refractivity contribution in [3.63, 3.8) is 0 Å². The summed E-state index contributed by atoms with van der Waals surface area (Å²) < 4.78 is 0. The third kappa shape index (κ3) is 7.29. The highest BCUT2D eigenvalue weighted by Gasteiger charge is 2.13. The van der Waals surface area contributed by atoms with Crippen LogP contribution in [0.3, 0.4) is 0 Å². The van der Waals surface area contributed by atoms with Crippen LogP contribution in [0.1, 0.15) is 12.5 Å². The molecule has 128 valence electrons. The van der Waals surface area contributed by atoms with Crippen molar-refractivity contribution in [3.05, 3.63) is 17.7 Å². The van der Waals surface area contributed by atoms with E-state index in [4.69, 9.17) is 21.1 Å². The van der Waals surface area contributed by atoms with Gasteiger partial charge in [-0.3, -0.25) is 10.2 Å². The number of hydrazine groups is 1. The summed E-state index contributed by atoms with van der Waals surface area (Å²) in [5, 5.41) is 44.0. The predicted octanol–water partition coefficient (Wildman–Crippen LogP) is -1.34. The van der Waals surface area contributed by atoms with Gasteiger partial charge in [-0.1, -0.05) is 6.07 Å². The number of amides is 1. The van der Waals surface area contributed by atoms with Gasteiger partial charge in [0, 0.05) is 18.7 Å². The Balaban J connectivity index is 0. The van der Waals surface area contributed by atoms with Crippen LogP contribution in [-0.2, 0) is 11.3 Å². The molecule has 0 saturated carbocycles. The summed E-state index contributed by atoms with van der Waals surface area (Å²) in [6.45, 7) is 1.45. The van der Waals surface area contributed by atoms with Crippen molar-refractivity contribution in [1.82, 2.24) is 10.9 Å². The Morgan fingerprint density at radius 2 is 1.77 bits per heavy atom. The number of halogens is 1. The maximum atomic E-state index is 11.2. The van der Waals surface area contributed by atoms with Crippen molar-refractivity contribution in [2.24, 2.45) is 5.73 Å². The molecule has 0 heterocycles. The smallest absolute Gasteiger partial charge is 0.253 e. The van der Waals surface area contributed by atoms with Crippen LogP contribution >= 0.6 is 12.4 Å². The maximum Gasteiger partial charge on any atom is 0.253 e. The first-order valence-electron chi connectivity index (χ1n) is 6.11. The lowest BCUT2D eigenvalue weighted by molar-refractivity contribution is -0.124. The number of hydrogen-bond donors (Lipinski definition) is 8. The van der Waals surface area contributed by atoms with Gasteiger partial charge < -0.3 is 31.3 Å². The molecule has 1 atom stereocenters. The van der Waals surface area contributed by atoms with E-state index in [-0.39, 0.29) is 31.1 Å². The fourth-order valence-corrected chi connectivity index (χ4v) is 1.16. The van der Waals surface area contributed by atoms with E-state index in [0.717, 1.165) is 0 Å². The Hall–Kier alpha value is -1.78. The van der Waals surface area contributed by atoms with E-state index in [1.54, 1.807) is 6.92 Å². The van der Waals surface area contributed by atoms with Crippen LogP contribution in [-0.4, -0.2) is 50.7 Å². The zero-order chi connectivity index (χ0) is 16.4. The second kappa shape index (κ2) is 11.8. The van der Waals surface area contributed by atoms with Gasteiger partial charge in [-0.05, 0) is 13.0 Å². The third-order valence-electron chi connectivity index (χ3n) is 2.24. The van der Waals surface area contributed by atoms with Crippen LogP contribution in [0, 0.1) is 0 Å². The molecule has 0 bridgehead atoms. The lowest BCUT2D eigenvalue weighted by Gasteiger charge is -2.12. The van der Waals surface area contributed by atoms with Gasteiger partial charge in [-0.2, -0.15) is 0 Å². The van der Waals surface area contributed by atoms with Crippen molar-refractivity contribution in [2.45, 2.75) is 19.5 Å². The zero-order valence-corrected chi connectivity index (χ0v) is 12.8. The Morgan fingerprint density at radius 3 is 2.27 bits per heavy atom. The number of aliphatic hydroxyl groups excluding tert-OH is 2. The number of hydrogen-bond acceptors (Lipinski definition) is 8. The molecule has 0 aliphatic rings. The molecule has 0 fully saturated rings. The summed E-state index contributed by atoms with van der Waals surface area (Å²) in [5.41, 5.74) is 10.2. The second-order valence-corrected chi connectivity index (χ2v) is 3.89. The van der Waals surface area contributed by atoms with Crippen LogP contribution in [0.25, 0.3) is 0 Å². The van der Waals surface area contributed by atoms with Gasteiger partial charge in [0.1, 0.15) is 6.04 Å². The summed E-state index contributed by atoms with van der Waals surface area (Å²) in [6, 6.07) is 1.53. The molecule has 1 amide bonds. The highest BCUT2D eigenvalue weighted by atomic mass is 35.5. The highest BCUT2D eigenvalue weighted by Crippen LogP contribution is 2.36. The number of rotatable bonds is 5. The second-order valence-electron chi connectivity index (χ2n) is 3.89. The number of carbonyl (C=O) groups excluding carboxylic acids is 1. The minimum Gasteiger partial charge on any atom is -0.504 e. The molecule has 10 heteroatoms. The summed E-state index contributed by atoms with van der Waals surface area (Å²) in [7, 11) is 0. The molecule has 1 rings (SSSR count). The highest BCUT2D eigenvalue weighted by molar-refractivity contribution is 5.85. The molecule has 1 aromatic rings. The van der Waals surface area contributed by atoms with Crippen LogP contribution in [0.5, 0.6) is 17.2 Å². The van der Waals surface area contributed by atoms with Gasteiger partial charge in [-0.15, -0.1) is 12.4 Å². The molecule has 0 spiro atoms. The van der Waals surface area contributed by atoms with Crippen LogP contribution in [0.2, 0.25) is 0 Å². The van der Waals surface area contributed by atoms with Crippen LogP contribution < -0.4 is 16.6 Å². The quantitative estimate of drug-likeness (QED) is 0.241. The third-order valence-corrected chi connectivity index (χ3v) is 2.24. The Kier molecular flexibility index (Phi) is 12.1. The summed E-state index contributed by atoms with van der Waals surface area (Å²) in [4.78, 5) is 11.2. The summed E-state index contributed by atoms with van der Waals surface area (Å²) >= 11 is 0. The van der Waals surface area contributed by atoms with E-state index >= 15 is 0 Å². The molecule has 0 aliphatic heterocycles. The van der Waals surface area contributed by atoms with Gasteiger partial charge in [0.2, 0.25) is 5.75 Å². The van der Waals surface area contributed by atoms with Gasteiger partial charge in [0.25, 0.3) is 5.91 Å². The summed E-state index contributed by atoms with van der Waals surface area (Å²) in [5.74, 6) is -2.17. The fraction of sp³-hybridized carbons (Fsp3) is 0.417. The summed E-state index contributed by atoms with van der Waals surface area (Å²) in [6.07, 6.45) is 0. The number of aliphatic hydroxyl groups is 2. The SMILES string of the molecule is CCO.Cl.NC(CO)C(=O)NNCc1ccc(O)c(O)c1O. The first-order valence-corrected chi connectivity index (χ1v) is 6.11. The number of aromatic hydroxyl groups is 3. The number of carbonyl (C=O) groups is 1. The van der Waals surface area contributed by atoms with Gasteiger partial charge in [0.15, 0.2) is 11.5 Å². The van der Waals surface area contributed by atoms with E-state index in [9.17, 15) is 15.0 Å². The van der Waals surface area contributed by atoms with E-state index in [2.05, 4.69) is 10.9 Å². The number of nitrogens with two attached hydrogens (primary N) is 1. The lowest BCUT2D eigenvalue weighted by Crippen LogP contribution is -2.48. The van der Waals surface area contributed by atoms with E-state index in [0.29, 0.717) is 0 Å². The van der Waals surface area contributed by atoms with Crippen molar-refractivity contribution >= 4 is 18.3 Å². The number of phenols is 3. The standard InChI is InChI=1S/C10H15N3O5.C2H6O.ClH/c11-6(4-14)10(18)13-12-3-5-1-2-7(15)9(17)8(5)16;1-2-3;/h1-2,6,12,14-17H,3-4,11H2,(H,13,18);3H,2H2,1H3;1H. The van der Waals surface area contributed by atoms with E-state index in [1.807, 2.05) is 0 Å². The Morgan fingerprint density at radius 1 is 1.23 bits per heavy atom. The molecular weight excluding hydrogens is 318 g/mol. The fourth-order valence-electron chi connectivity index (χ4n) is 1.16. The average molecular weight is 340 g/mol. The average Bonchev–Trinajstić information content (AvgIpc) is 2.47. The molecule has 0 saturated heterocycles. The molecule has 22 heavy (non-hydrogen) atoms. The number of phenolic OH excluding ortho intramolecular Hbond substituents is 3. The van der Waals surface area contributed by atoms with E-state index in [1.165, 1.54) is 12.1 Å².